The second-order valence-corrected chi connectivity index (χ2v) is 8.47. The number of carbonyl (C=O) groups is 2. The number of rotatable bonds is 6. The molecule has 1 saturated heterocycles. The summed E-state index contributed by atoms with van der Waals surface area (Å²) in [4.78, 5) is 41.2. The van der Waals surface area contributed by atoms with Crippen molar-refractivity contribution in [1.82, 2.24) is 29.8 Å². The summed E-state index contributed by atoms with van der Waals surface area (Å²) in [5, 5.41) is 11.3. The first-order valence-corrected chi connectivity index (χ1v) is 11.1. The fourth-order valence-electron chi connectivity index (χ4n) is 4.22. The third-order valence-corrected chi connectivity index (χ3v) is 6.05. The molecule has 0 aliphatic carbocycles. The lowest BCUT2D eigenvalue weighted by molar-refractivity contribution is -0.133. The Morgan fingerprint density at radius 2 is 1.85 bits per heavy atom. The Bertz CT molecular complexity index is 1180. The number of benzene rings is 1. The molecule has 0 bridgehead atoms. The predicted molar refractivity (Wildman–Crippen MR) is 123 cm³/mol. The molecule has 1 aliphatic rings. The highest BCUT2D eigenvalue weighted by Crippen LogP contribution is 2.29. The summed E-state index contributed by atoms with van der Waals surface area (Å²) in [6, 6.07) is 12.9. The van der Waals surface area contributed by atoms with Crippen LogP contribution in [-0.2, 0) is 17.9 Å². The Balaban J connectivity index is 1.37. The number of likely N-dealkylation sites (tertiary alicyclic amines) is 1. The minimum absolute atomic E-state index is 0.0662. The van der Waals surface area contributed by atoms with E-state index in [2.05, 4.69) is 15.3 Å². The van der Waals surface area contributed by atoms with Crippen molar-refractivity contribution >= 4 is 11.8 Å². The standard InChI is InChI=1S/C24H28N6O3/c1-17-8-9-21(31)30(27-17)16-22(32)29-12-10-19(11-13-29)23-20(14-25-26-23)24(33)28(2)15-18-6-4-3-5-7-18/h3-9,14,19H,10-13,15-16H2,1-2H3,(H,25,26). The van der Waals surface area contributed by atoms with Crippen molar-refractivity contribution in [2.45, 2.75) is 38.8 Å². The molecule has 1 aromatic carbocycles. The van der Waals surface area contributed by atoms with Gasteiger partial charge in [0.2, 0.25) is 5.91 Å². The van der Waals surface area contributed by atoms with E-state index in [1.54, 1.807) is 36.0 Å². The molecule has 33 heavy (non-hydrogen) atoms. The van der Waals surface area contributed by atoms with Crippen molar-refractivity contribution in [2.75, 3.05) is 20.1 Å². The van der Waals surface area contributed by atoms with E-state index < -0.39 is 0 Å². The van der Waals surface area contributed by atoms with Gasteiger partial charge in [-0.25, -0.2) is 4.68 Å². The summed E-state index contributed by atoms with van der Waals surface area (Å²) in [6.07, 6.45) is 3.02. The van der Waals surface area contributed by atoms with Gasteiger partial charge in [0.1, 0.15) is 6.54 Å². The number of piperidine rings is 1. The number of H-pyrrole nitrogens is 1. The molecular weight excluding hydrogens is 420 g/mol. The maximum Gasteiger partial charge on any atom is 0.267 e. The Morgan fingerprint density at radius 1 is 1.12 bits per heavy atom. The van der Waals surface area contributed by atoms with Gasteiger partial charge in [-0.3, -0.25) is 19.5 Å². The molecule has 9 nitrogen and oxygen atoms in total. The minimum atomic E-state index is -0.288. The van der Waals surface area contributed by atoms with Crippen LogP contribution in [0.25, 0.3) is 0 Å². The molecule has 4 rings (SSSR count). The van der Waals surface area contributed by atoms with Gasteiger partial charge in [-0.1, -0.05) is 30.3 Å². The van der Waals surface area contributed by atoms with E-state index in [1.165, 1.54) is 10.7 Å². The van der Waals surface area contributed by atoms with Crippen LogP contribution in [0.2, 0.25) is 0 Å². The van der Waals surface area contributed by atoms with Gasteiger partial charge in [0.15, 0.2) is 0 Å². The third kappa shape index (κ3) is 5.19. The average Bonchev–Trinajstić information content (AvgIpc) is 3.31. The first-order valence-electron chi connectivity index (χ1n) is 11.1. The first kappa shape index (κ1) is 22.4. The number of aromatic nitrogens is 4. The highest BCUT2D eigenvalue weighted by molar-refractivity contribution is 5.95. The maximum atomic E-state index is 13.1. The number of aryl methyl sites for hydroxylation is 1. The van der Waals surface area contributed by atoms with Gasteiger partial charge >= 0.3 is 0 Å². The first-order chi connectivity index (χ1) is 15.9. The van der Waals surface area contributed by atoms with Crippen LogP contribution in [0.1, 0.15) is 46.1 Å². The summed E-state index contributed by atoms with van der Waals surface area (Å²) in [7, 11) is 1.79. The lowest BCUT2D eigenvalue weighted by atomic mass is 9.91. The zero-order valence-electron chi connectivity index (χ0n) is 18.9. The van der Waals surface area contributed by atoms with Gasteiger partial charge in [0.05, 0.1) is 23.1 Å². The molecule has 1 N–H and O–H groups in total. The normalized spacial score (nSPS) is 14.3. The van der Waals surface area contributed by atoms with Gasteiger partial charge < -0.3 is 9.80 Å². The number of hydrogen-bond donors (Lipinski definition) is 1. The number of aromatic amines is 1. The molecule has 0 spiro atoms. The molecule has 9 heteroatoms. The van der Waals surface area contributed by atoms with E-state index in [9.17, 15) is 14.4 Å². The van der Waals surface area contributed by atoms with Crippen LogP contribution in [-0.4, -0.2) is 61.7 Å². The van der Waals surface area contributed by atoms with Crippen molar-refractivity contribution in [3.05, 3.63) is 81.5 Å². The van der Waals surface area contributed by atoms with Gasteiger partial charge in [-0.05, 0) is 31.4 Å². The summed E-state index contributed by atoms with van der Waals surface area (Å²) in [5.41, 5.74) is 2.86. The van der Waals surface area contributed by atoms with E-state index in [4.69, 9.17) is 0 Å². The van der Waals surface area contributed by atoms with E-state index in [0.29, 0.717) is 43.7 Å². The third-order valence-electron chi connectivity index (χ3n) is 6.05. The Hall–Kier alpha value is -3.75. The van der Waals surface area contributed by atoms with Crippen molar-refractivity contribution < 1.29 is 9.59 Å². The zero-order valence-corrected chi connectivity index (χ0v) is 18.9. The molecule has 0 unspecified atom stereocenters. The number of amides is 2. The highest BCUT2D eigenvalue weighted by atomic mass is 16.2. The van der Waals surface area contributed by atoms with E-state index in [0.717, 1.165) is 11.3 Å². The largest absolute Gasteiger partial charge is 0.341 e. The van der Waals surface area contributed by atoms with Crippen LogP contribution in [0.4, 0.5) is 0 Å². The van der Waals surface area contributed by atoms with Gasteiger partial charge in [-0.15, -0.1) is 0 Å². The van der Waals surface area contributed by atoms with Gasteiger partial charge in [0.25, 0.3) is 11.5 Å². The molecule has 0 radical (unpaired) electrons. The Kier molecular flexibility index (Phi) is 6.67. The van der Waals surface area contributed by atoms with Crippen LogP contribution in [0.15, 0.2) is 53.5 Å². The fraction of sp³-hybridized carbons (Fsp3) is 0.375. The topological polar surface area (TPSA) is 104 Å². The molecule has 3 heterocycles. The highest BCUT2D eigenvalue weighted by Gasteiger charge is 2.29. The van der Waals surface area contributed by atoms with Crippen molar-refractivity contribution in [1.29, 1.82) is 0 Å². The van der Waals surface area contributed by atoms with Crippen molar-refractivity contribution in [3.8, 4) is 0 Å². The zero-order chi connectivity index (χ0) is 23.4. The monoisotopic (exact) mass is 448 g/mol. The lowest BCUT2D eigenvalue weighted by Gasteiger charge is -2.32. The van der Waals surface area contributed by atoms with E-state index in [1.807, 2.05) is 30.3 Å². The van der Waals surface area contributed by atoms with Crippen molar-refractivity contribution in [3.63, 3.8) is 0 Å². The number of hydrogen-bond acceptors (Lipinski definition) is 5. The van der Waals surface area contributed by atoms with Crippen LogP contribution in [0.5, 0.6) is 0 Å². The summed E-state index contributed by atoms with van der Waals surface area (Å²) >= 11 is 0. The molecule has 0 atom stereocenters. The van der Waals surface area contributed by atoms with E-state index in [-0.39, 0.29) is 29.8 Å². The van der Waals surface area contributed by atoms with Gasteiger partial charge in [-0.2, -0.15) is 10.2 Å². The SMILES string of the molecule is Cc1ccc(=O)n(CC(=O)N2CCC(c3[nH]ncc3C(=O)N(C)Cc3ccccc3)CC2)n1. The number of nitrogens with zero attached hydrogens (tertiary/aromatic N) is 5. The number of nitrogens with one attached hydrogen (secondary N) is 1. The van der Waals surface area contributed by atoms with Crippen LogP contribution in [0.3, 0.4) is 0 Å². The molecule has 3 aromatic rings. The summed E-state index contributed by atoms with van der Waals surface area (Å²) in [6.45, 7) is 3.34. The Morgan fingerprint density at radius 3 is 2.58 bits per heavy atom. The van der Waals surface area contributed by atoms with Crippen molar-refractivity contribution in [2.24, 2.45) is 0 Å². The van der Waals surface area contributed by atoms with E-state index >= 15 is 0 Å². The van der Waals surface area contributed by atoms with Crippen LogP contribution in [0, 0.1) is 6.92 Å². The second kappa shape index (κ2) is 9.81. The molecule has 1 aliphatic heterocycles. The quantitative estimate of drug-likeness (QED) is 0.621. The predicted octanol–water partition coefficient (Wildman–Crippen LogP) is 1.95. The maximum absolute atomic E-state index is 13.1. The minimum Gasteiger partial charge on any atom is -0.341 e. The summed E-state index contributed by atoms with van der Waals surface area (Å²) < 4.78 is 1.21. The molecule has 1 fully saturated rings. The average molecular weight is 449 g/mol. The number of carbonyl (C=O) groups excluding carboxylic acids is 2. The van der Waals surface area contributed by atoms with Crippen LogP contribution >= 0.6 is 0 Å². The smallest absolute Gasteiger partial charge is 0.267 e. The molecule has 2 aromatic heterocycles. The fourth-order valence-corrected chi connectivity index (χ4v) is 4.22. The van der Waals surface area contributed by atoms with Gasteiger partial charge in [0, 0.05) is 38.7 Å². The molecular formula is C24H28N6O3. The lowest BCUT2D eigenvalue weighted by Crippen LogP contribution is -2.42. The second-order valence-electron chi connectivity index (χ2n) is 8.47. The molecule has 172 valence electrons. The van der Waals surface area contributed by atoms with Crippen LogP contribution < -0.4 is 5.56 Å². The Labute approximate surface area is 192 Å². The molecule has 2 amide bonds. The molecule has 0 saturated carbocycles. The summed E-state index contributed by atoms with van der Waals surface area (Å²) in [5.74, 6) is -0.0939.